The zero-order valence-electron chi connectivity index (χ0n) is 14.4. The number of nitrogens with one attached hydrogen (secondary N) is 2. The number of rotatable bonds is 4. The van der Waals surface area contributed by atoms with Crippen molar-refractivity contribution in [1.29, 1.82) is 0 Å². The van der Waals surface area contributed by atoms with Gasteiger partial charge in [-0.25, -0.2) is 15.0 Å². The number of carbonyl (C=O) groups excluding carboxylic acids is 1. The number of halogens is 3. The van der Waals surface area contributed by atoms with Gasteiger partial charge in [-0.3, -0.25) is 4.79 Å². The van der Waals surface area contributed by atoms with Crippen molar-refractivity contribution in [2.45, 2.75) is 12.2 Å². The zero-order valence-corrected chi connectivity index (χ0v) is 15.2. The number of nitrogens with zero attached hydrogens (tertiary/aromatic N) is 4. The van der Waals surface area contributed by atoms with Gasteiger partial charge in [0.05, 0.1) is 5.88 Å². The van der Waals surface area contributed by atoms with E-state index in [9.17, 15) is 18.0 Å². The first-order valence-electron chi connectivity index (χ1n) is 8.37. The number of fused-ring (bicyclic) bond motifs is 1. The number of H-pyrrole nitrogens is 1. The predicted octanol–water partition coefficient (Wildman–Crippen LogP) is 2.58. The second kappa shape index (κ2) is 7.30. The minimum absolute atomic E-state index is 0.389. The van der Waals surface area contributed by atoms with E-state index in [1.165, 1.54) is 11.8 Å². The number of aromatic amines is 1. The standard InChI is InChI=1S/C17H15F3N6OS/c18-17(19,20)8-24-16(27)12-7-28-9-26(12)13-3-5-22-15(25-13)11-6-23-14-10(11)2-1-4-21-14/h1-6,12H,7-9H2,(H,21,23)(H,24,27)/t12-/m1/s1. The minimum Gasteiger partial charge on any atom is -0.345 e. The molecule has 11 heteroatoms. The molecule has 1 saturated heterocycles. The molecule has 0 aromatic carbocycles. The van der Waals surface area contributed by atoms with Gasteiger partial charge in [0.15, 0.2) is 5.82 Å². The van der Waals surface area contributed by atoms with Crippen LogP contribution in [0.1, 0.15) is 0 Å². The second-order valence-electron chi connectivity index (χ2n) is 6.16. The predicted molar refractivity (Wildman–Crippen MR) is 99.8 cm³/mol. The van der Waals surface area contributed by atoms with E-state index in [4.69, 9.17) is 0 Å². The number of aromatic nitrogens is 4. The van der Waals surface area contributed by atoms with Crippen LogP contribution < -0.4 is 10.2 Å². The fraction of sp³-hybridized carbons (Fsp3) is 0.294. The van der Waals surface area contributed by atoms with Crippen LogP contribution in [0, 0.1) is 0 Å². The Morgan fingerprint density at radius 3 is 3.00 bits per heavy atom. The van der Waals surface area contributed by atoms with E-state index in [0.29, 0.717) is 28.9 Å². The van der Waals surface area contributed by atoms with Crippen LogP contribution in [0.3, 0.4) is 0 Å². The van der Waals surface area contributed by atoms with E-state index in [1.54, 1.807) is 29.6 Å². The summed E-state index contributed by atoms with van der Waals surface area (Å²) < 4.78 is 37.2. The van der Waals surface area contributed by atoms with Crippen molar-refractivity contribution >= 4 is 34.5 Å². The number of pyridine rings is 1. The van der Waals surface area contributed by atoms with Crippen molar-refractivity contribution in [2.24, 2.45) is 0 Å². The van der Waals surface area contributed by atoms with Gasteiger partial charge in [0.25, 0.3) is 0 Å². The molecule has 1 amide bonds. The van der Waals surface area contributed by atoms with Crippen molar-refractivity contribution in [3.8, 4) is 11.4 Å². The Morgan fingerprint density at radius 1 is 1.32 bits per heavy atom. The Bertz CT molecular complexity index is 1010. The summed E-state index contributed by atoms with van der Waals surface area (Å²) in [5.41, 5.74) is 1.46. The molecule has 1 aliphatic rings. The van der Waals surface area contributed by atoms with Crippen molar-refractivity contribution in [2.75, 3.05) is 23.1 Å². The zero-order chi connectivity index (χ0) is 19.7. The topological polar surface area (TPSA) is 86.8 Å². The van der Waals surface area contributed by atoms with Crippen molar-refractivity contribution in [1.82, 2.24) is 25.3 Å². The molecule has 0 spiro atoms. The highest BCUT2D eigenvalue weighted by Crippen LogP contribution is 2.30. The molecule has 4 rings (SSSR count). The van der Waals surface area contributed by atoms with E-state index in [-0.39, 0.29) is 0 Å². The Labute approximate surface area is 161 Å². The second-order valence-corrected chi connectivity index (χ2v) is 7.16. The van der Waals surface area contributed by atoms with Gasteiger partial charge in [0, 0.05) is 35.3 Å². The number of hydrogen-bond acceptors (Lipinski definition) is 6. The summed E-state index contributed by atoms with van der Waals surface area (Å²) in [7, 11) is 0. The lowest BCUT2D eigenvalue weighted by Gasteiger charge is -2.24. The number of thioether (sulfide) groups is 1. The molecule has 4 heterocycles. The van der Waals surface area contributed by atoms with Crippen LogP contribution in [-0.2, 0) is 4.79 Å². The van der Waals surface area contributed by atoms with Crippen LogP contribution in [-0.4, -0.2) is 56.2 Å². The third-order valence-electron chi connectivity index (χ3n) is 4.28. The van der Waals surface area contributed by atoms with Gasteiger partial charge in [0.1, 0.15) is 24.1 Å². The summed E-state index contributed by atoms with van der Waals surface area (Å²) in [6, 6.07) is 4.62. The summed E-state index contributed by atoms with van der Waals surface area (Å²) in [4.78, 5) is 30.1. The average molecular weight is 408 g/mol. The molecule has 3 aromatic rings. The Balaban J connectivity index is 1.59. The smallest absolute Gasteiger partial charge is 0.345 e. The molecule has 0 radical (unpaired) electrons. The first-order valence-corrected chi connectivity index (χ1v) is 9.52. The van der Waals surface area contributed by atoms with Crippen LogP contribution in [0.25, 0.3) is 22.4 Å². The van der Waals surface area contributed by atoms with E-state index >= 15 is 0 Å². The van der Waals surface area contributed by atoms with Gasteiger partial charge in [-0.2, -0.15) is 13.2 Å². The van der Waals surface area contributed by atoms with Gasteiger partial charge in [-0.15, -0.1) is 11.8 Å². The molecule has 1 fully saturated rings. The summed E-state index contributed by atoms with van der Waals surface area (Å²) in [5, 5.41) is 2.81. The quantitative estimate of drug-likeness (QED) is 0.690. The Morgan fingerprint density at radius 2 is 2.18 bits per heavy atom. The molecule has 2 N–H and O–H groups in total. The normalized spacial score (nSPS) is 17.2. The summed E-state index contributed by atoms with van der Waals surface area (Å²) in [6.07, 6.45) is 0.548. The highest BCUT2D eigenvalue weighted by molar-refractivity contribution is 7.99. The highest BCUT2D eigenvalue weighted by atomic mass is 32.2. The first-order chi connectivity index (χ1) is 13.4. The lowest BCUT2D eigenvalue weighted by atomic mass is 10.2. The highest BCUT2D eigenvalue weighted by Gasteiger charge is 2.35. The van der Waals surface area contributed by atoms with Gasteiger partial charge in [0.2, 0.25) is 5.91 Å². The maximum Gasteiger partial charge on any atom is 0.405 e. The number of amides is 1. The van der Waals surface area contributed by atoms with Gasteiger partial charge in [-0.05, 0) is 18.2 Å². The van der Waals surface area contributed by atoms with Gasteiger partial charge >= 0.3 is 6.18 Å². The van der Waals surface area contributed by atoms with E-state index < -0.39 is 24.7 Å². The Kier molecular flexibility index (Phi) is 4.84. The van der Waals surface area contributed by atoms with Crippen molar-refractivity contribution in [3.63, 3.8) is 0 Å². The molecule has 0 saturated carbocycles. The number of alkyl halides is 3. The van der Waals surface area contributed by atoms with Gasteiger partial charge in [-0.1, -0.05) is 0 Å². The molecule has 0 aliphatic carbocycles. The number of carbonyl (C=O) groups is 1. The third-order valence-corrected chi connectivity index (χ3v) is 5.29. The third kappa shape index (κ3) is 3.75. The van der Waals surface area contributed by atoms with Crippen LogP contribution in [0.4, 0.5) is 19.0 Å². The lowest BCUT2D eigenvalue weighted by Crippen LogP contribution is -2.47. The molecule has 7 nitrogen and oxygen atoms in total. The number of hydrogen-bond donors (Lipinski definition) is 2. The van der Waals surface area contributed by atoms with E-state index in [0.717, 1.165) is 10.9 Å². The number of anilines is 1. The minimum atomic E-state index is -4.45. The molecular formula is C17H15F3N6OS. The van der Waals surface area contributed by atoms with Crippen LogP contribution in [0.15, 0.2) is 36.8 Å². The Hall–Kier alpha value is -2.82. The molecular weight excluding hydrogens is 393 g/mol. The monoisotopic (exact) mass is 408 g/mol. The fourth-order valence-corrected chi connectivity index (χ4v) is 4.14. The summed E-state index contributed by atoms with van der Waals surface area (Å²) in [5.74, 6) is 1.11. The average Bonchev–Trinajstić information content (AvgIpc) is 3.33. The maximum absolute atomic E-state index is 12.4. The molecule has 0 bridgehead atoms. The van der Waals surface area contributed by atoms with Crippen LogP contribution in [0.5, 0.6) is 0 Å². The van der Waals surface area contributed by atoms with Crippen molar-refractivity contribution < 1.29 is 18.0 Å². The van der Waals surface area contributed by atoms with Crippen molar-refractivity contribution in [3.05, 3.63) is 36.8 Å². The fourth-order valence-electron chi connectivity index (χ4n) is 2.97. The molecule has 1 atom stereocenters. The molecule has 146 valence electrons. The summed E-state index contributed by atoms with van der Waals surface area (Å²) in [6.45, 7) is -1.35. The maximum atomic E-state index is 12.4. The molecule has 0 unspecified atom stereocenters. The summed E-state index contributed by atoms with van der Waals surface area (Å²) >= 11 is 1.46. The molecule has 1 aliphatic heterocycles. The molecule has 28 heavy (non-hydrogen) atoms. The van der Waals surface area contributed by atoms with Crippen LogP contribution in [0.2, 0.25) is 0 Å². The lowest BCUT2D eigenvalue weighted by molar-refractivity contribution is -0.138. The molecule has 3 aromatic heterocycles. The SMILES string of the molecule is O=C(NCC(F)(F)F)[C@H]1CSCN1c1ccnc(-c2c[nH]c3ncccc23)n1. The van der Waals surface area contributed by atoms with E-state index in [2.05, 4.69) is 19.9 Å². The first kappa shape index (κ1) is 18.5. The van der Waals surface area contributed by atoms with Gasteiger partial charge < -0.3 is 15.2 Å². The largest absolute Gasteiger partial charge is 0.405 e. The van der Waals surface area contributed by atoms with E-state index in [1.807, 2.05) is 17.4 Å². The van der Waals surface area contributed by atoms with Crippen LogP contribution >= 0.6 is 11.8 Å².